The third kappa shape index (κ3) is 3.11. The van der Waals surface area contributed by atoms with Crippen LogP contribution in [0, 0.1) is 12.7 Å². The Morgan fingerprint density at radius 2 is 2.03 bits per heavy atom. The van der Waals surface area contributed by atoms with Gasteiger partial charge in [0.2, 0.25) is 0 Å². The van der Waals surface area contributed by atoms with Crippen LogP contribution in [0.5, 0.6) is 0 Å². The summed E-state index contributed by atoms with van der Waals surface area (Å²) in [5, 5.41) is 16.2. The molecule has 1 saturated heterocycles. The summed E-state index contributed by atoms with van der Waals surface area (Å²) in [5.41, 5.74) is 2.76. The molecule has 9 heteroatoms. The Bertz CT molecular complexity index is 1260. The van der Waals surface area contributed by atoms with Crippen molar-refractivity contribution in [2.75, 3.05) is 20.1 Å². The van der Waals surface area contributed by atoms with Gasteiger partial charge in [0.15, 0.2) is 0 Å². The molecule has 3 aromatic heterocycles. The molecule has 30 heavy (non-hydrogen) atoms. The molecule has 0 atom stereocenters. The van der Waals surface area contributed by atoms with E-state index in [1.165, 1.54) is 12.1 Å². The topological polar surface area (TPSA) is 84.6 Å². The number of fused-ring (bicyclic) bond motifs is 1. The first kappa shape index (κ1) is 18.7. The van der Waals surface area contributed by atoms with Crippen molar-refractivity contribution in [1.29, 1.82) is 0 Å². The summed E-state index contributed by atoms with van der Waals surface area (Å²) in [7, 11) is 2.13. The molecule has 154 valence electrons. The highest BCUT2D eigenvalue weighted by Crippen LogP contribution is 2.27. The lowest BCUT2D eigenvalue weighted by molar-refractivity contribution is 0.212. The van der Waals surface area contributed by atoms with E-state index in [1.54, 1.807) is 25.3 Å². The van der Waals surface area contributed by atoms with Gasteiger partial charge in [0.05, 0.1) is 17.8 Å². The highest BCUT2D eigenvalue weighted by Gasteiger charge is 2.21. The molecule has 1 fully saturated rings. The van der Waals surface area contributed by atoms with Crippen molar-refractivity contribution >= 4 is 11.0 Å². The Balaban J connectivity index is 1.58. The fraction of sp³-hybridized carbons (Fsp3) is 0.333. The maximum atomic E-state index is 14.5. The van der Waals surface area contributed by atoms with Gasteiger partial charge in [-0.2, -0.15) is 20.0 Å². The van der Waals surface area contributed by atoms with Crippen LogP contribution in [0.25, 0.3) is 28.0 Å². The number of nitrogens with zero attached hydrogens (tertiary/aromatic N) is 6. The monoisotopic (exact) mass is 407 g/mol. The molecule has 0 bridgehead atoms. The van der Waals surface area contributed by atoms with Crippen LogP contribution in [0.2, 0.25) is 0 Å². The van der Waals surface area contributed by atoms with E-state index in [-0.39, 0.29) is 5.69 Å². The smallest absolute Gasteiger partial charge is 0.273 e. The highest BCUT2D eigenvalue weighted by atomic mass is 19.1. The number of nitrogens with one attached hydrogen (secondary N) is 1. The number of hydrogen-bond donors (Lipinski definition) is 1. The van der Waals surface area contributed by atoms with E-state index in [1.807, 2.05) is 10.9 Å². The quantitative estimate of drug-likeness (QED) is 0.564. The predicted octanol–water partition coefficient (Wildman–Crippen LogP) is 2.69. The zero-order valence-electron chi connectivity index (χ0n) is 16.8. The van der Waals surface area contributed by atoms with Crippen molar-refractivity contribution < 1.29 is 4.39 Å². The van der Waals surface area contributed by atoms with E-state index in [4.69, 9.17) is 0 Å². The third-order valence-corrected chi connectivity index (χ3v) is 5.78. The van der Waals surface area contributed by atoms with E-state index in [9.17, 15) is 9.18 Å². The number of halogens is 1. The van der Waals surface area contributed by atoms with E-state index >= 15 is 0 Å². The van der Waals surface area contributed by atoms with Crippen LogP contribution in [-0.4, -0.2) is 54.8 Å². The van der Waals surface area contributed by atoms with Gasteiger partial charge in [0.25, 0.3) is 5.56 Å². The fourth-order valence-corrected chi connectivity index (χ4v) is 4.06. The number of aryl methyl sites for hydroxylation is 1. The summed E-state index contributed by atoms with van der Waals surface area (Å²) in [4.78, 5) is 14.9. The van der Waals surface area contributed by atoms with E-state index in [0.29, 0.717) is 28.3 Å². The lowest BCUT2D eigenvalue weighted by Gasteiger charge is -2.28. The number of hydrogen-bond acceptors (Lipinski definition) is 5. The average Bonchev–Trinajstić information content (AvgIpc) is 3.35. The first-order valence-corrected chi connectivity index (χ1v) is 9.98. The summed E-state index contributed by atoms with van der Waals surface area (Å²) >= 11 is 0. The largest absolute Gasteiger partial charge is 0.306 e. The molecule has 5 rings (SSSR count). The van der Waals surface area contributed by atoms with Gasteiger partial charge < -0.3 is 4.90 Å². The van der Waals surface area contributed by atoms with Crippen molar-refractivity contribution in [1.82, 2.24) is 34.7 Å². The first-order valence-electron chi connectivity index (χ1n) is 9.98. The molecule has 0 aliphatic carbocycles. The highest BCUT2D eigenvalue weighted by molar-refractivity contribution is 5.88. The molecule has 1 aromatic carbocycles. The Morgan fingerprint density at radius 3 is 2.80 bits per heavy atom. The number of rotatable bonds is 3. The van der Waals surface area contributed by atoms with Crippen molar-refractivity contribution in [2.24, 2.45) is 0 Å². The Labute approximate surface area is 171 Å². The lowest BCUT2D eigenvalue weighted by Crippen LogP contribution is -2.31. The summed E-state index contributed by atoms with van der Waals surface area (Å²) in [6.45, 7) is 3.83. The van der Waals surface area contributed by atoms with Crippen LogP contribution < -0.4 is 5.56 Å². The maximum absolute atomic E-state index is 14.5. The van der Waals surface area contributed by atoms with Crippen LogP contribution in [0.4, 0.5) is 4.39 Å². The second-order valence-corrected chi connectivity index (χ2v) is 7.88. The summed E-state index contributed by atoms with van der Waals surface area (Å²) in [5.74, 6) is -0.496. The number of aromatic amines is 1. The van der Waals surface area contributed by atoms with Crippen molar-refractivity contribution in [3.8, 4) is 16.9 Å². The predicted molar refractivity (Wildman–Crippen MR) is 111 cm³/mol. The van der Waals surface area contributed by atoms with Crippen molar-refractivity contribution in [2.45, 2.75) is 25.8 Å². The van der Waals surface area contributed by atoms with E-state index < -0.39 is 11.4 Å². The lowest BCUT2D eigenvalue weighted by atomic mass is 10.1. The number of benzene rings is 1. The second-order valence-electron chi connectivity index (χ2n) is 7.88. The summed E-state index contributed by atoms with van der Waals surface area (Å²) in [6, 6.07) is 6.43. The van der Waals surface area contributed by atoms with Gasteiger partial charge in [-0.1, -0.05) is 12.1 Å². The maximum Gasteiger partial charge on any atom is 0.273 e. The number of piperidine rings is 1. The SMILES string of the molecule is Cc1cccc(F)c1-n1nc2c(-c3cnn(C4CCN(C)CC4)c3)n[nH]c2cc1=O. The summed E-state index contributed by atoms with van der Waals surface area (Å²) < 4.78 is 17.6. The third-order valence-electron chi connectivity index (χ3n) is 5.78. The molecule has 1 aliphatic rings. The van der Waals surface area contributed by atoms with Gasteiger partial charge in [-0.15, -0.1) is 0 Å². The van der Waals surface area contributed by atoms with Crippen LogP contribution in [0.15, 0.2) is 41.5 Å². The van der Waals surface area contributed by atoms with Gasteiger partial charge in [0.1, 0.15) is 22.7 Å². The van der Waals surface area contributed by atoms with Crippen LogP contribution in [0.1, 0.15) is 24.4 Å². The molecule has 8 nitrogen and oxygen atoms in total. The molecule has 1 aliphatic heterocycles. The number of para-hydroxylation sites is 1. The molecular formula is C21H22FN7O. The minimum Gasteiger partial charge on any atom is -0.306 e. The molecular weight excluding hydrogens is 385 g/mol. The van der Waals surface area contributed by atoms with E-state index in [2.05, 4.69) is 32.3 Å². The molecule has 0 saturated carbocycles. The Kier molecular flexibility index (Phi) is 4.47. The molecule has 1 N–H and O–H groups in total. The van der Waals surface area contributed by atoms with Crippen LogP contribution in [0.3, 0.4) is 0 Å². The van der Waals surface area contributed by atoms with Gasteiger partial charge in [-0.3, -0.25) is 14.6 Å². The summed E-state index contributed by atoms with van der Waals surface area (Å²) in [6.07, 6.45) is 5.82. The Morgan fingerprint density at radius 1 is 1.23 bits per heavy atom. The van der Waals surface area contributed by atoms with Crippen molar-refractivity contribution in [3.05, 3.63) is 58.4 Å². The molecule has 0 unspecified atom stereocenters. The van der Waals surface area contributed by atoms with Gasteiger partial charge >= 0.3 is 0 Å². The molecule has 4 heterocycles. The number of H-pyrrole nitrogens is 1. The van der Waals surface area contributed by atoms with Crippen LogP contribution >= 0.6 is 0 Å². The molecule has 0 radical (unpaired) electrons. The minimum atomic E-state index is -0.496. The second kappa shape index (κ2) is 7.17. The average molecular weight is 407 g/mol. The van der Waals surface area contributed by atoms with Crippen LogP contribution in [-0.2, 0) is 0 Å². The van der Waals surface area contributed by atoms with Gasteiger partial charge in [-0.05, 0) is 51.5 Å². The minimum absolute atomic E-state index is 0.151. The zero-order valence-corrected chi connectivity index (χ0v) is 16.8. The van der Waals surface area contributed by atoms with Crippen molar-refractivity contribution in [3.63, 3.8) is 0 Å². The number of likely N-dealkylation sites (tertiary alicyclic amines) is 1. The molecule has 0 amide bonds. The molecule has 4 aromatic rings. The Hall–Kier alpha value is -3.33. The molecule has 0 spiro atoms. The van der Waals surface area contributed by atoms with Gasteiger partial charge in [-0.25, -0.2) is 4.39 Å². The zero-order chi connectivity index (χ0) is 20.8. The van der Waals surface area contributed by atoms with Gasteiger partial charge in [0, 0.05) is 17.8 Å². The normalized spacial score (nSPS) is 15.8. The number of aromatic nitrogens is 6. The first-order chi connectivity index (χ1) is 14.5. The van der Waals surface area contributed by atoms with E-state index in [0.717, 1.165) is 36.2 Å². The fourth-order valence-electron chi connectivity index (χ4n) is 4.06. The standard InChI is InChI=1S/C21H22FN7O/c1-13-4-3-5-16(22)21(13)29-18(30)10-17-20(26-29)19(25-24-17)14-11-23-28(12-14)15-6-8-27(2)9-7-15/h3-5,10-12,15,24H,6-9H2,1-2H3.